The number of hydrogen-bond donors (Lipinski definition) is 1. The summed E-state index contributed by atoms with van der Waals surface area (Å²) in [5.74, 6) is 0. The fourth-order valence-corrected chi connectivity index (χ4v) is 0.658. The van der Waals surface area contributed by atoms with Crippen molar-refractivity contribution in [2.75, 3.05) is 0 Å². The molecule has 0 aromatic carbocycles. The summed E-state index contributed by atoms with van der Waals surface area (Å²) in [6.45, 7) is 3.45. The molecule has 0 aromatic rings. The van der Waals surface area contributed by atoms with Crippen molar-refractivity contribution < 1.29 is 14.8 Å². The molecule has 0 aliphatic heterocycles. The first kappa shape index (κ1) is 9.94. The average Bonchev–Trinajstić information content (AvgIpc) is 1.82. The SMILES string of the molecule is CCCCB([O-])OC(C)O. The van der Waals surface area contributed by atoms with Gasteiger partial charge in [0.05, 0.1) is 0 Å². The van der Waals surface area contributed by atoms with E-state index >= 15 is 0 Å². The van der Waals surface area contributed by atoms with E-state index in [-0.39, 0.29) is 0 Å². The first-order valence-corrected chi connectivity index (χ1v) is 3.66. The highest BCUT2D eigenvalue weighted by Crippen LogP contribution is 1.98. The summed E-state index contributed by atoms with van der Waals surface area (Å²) < 4.78 is 4.55. The summed E-state index contributed by atoms with van der Waals surface area (Å²) in [5, 5.41) is 19.3. The molecule has 10 heavy (non-hydrogen) atoms. The highest BCUT2D eigenvalue weighted by molar-refractivity contribution is 6.40. The fourth-order valence-electron chi connectivity index (χ4n) is 0.658. The van der Waals surface area contributed by atoms with Gasteiger partial charge in [-0.1, -0.05) is 26.1 Å². The summed E-state index contributed by atoms with van der Waals surface area (Å²) >= 11 is 0. The van der Waals surface area contributed by atoms with Gasteiger partial charge in [-0.25, -0.2) is 0 Å². The van der Waals surface area contributed by atoms with E-state index in [1.54, 1.807) is 0 Å². The highest BCUT2D eigenvalue weighted by Gasteiger charge is 2.00. The number of aliphatic hydroxyl groups is 1. The van der Waals surface area contributed by atoms with Gasteiger partial charge in [0.1, 0.15) is 6.29 Å². The highest BCUT2D eigenvalue weighted by atomic mass is 16.6. The van der Waals surface area contributed by atoms with E-state index in [4.69, 9.17) is 5.11 Å². The van der Waals surface area contributed by atoms with Crippen LogP contribution in [0.25, 0.3) is 0 Å². The second-order valence-corrected chi connectivity index (χ2v) is 2.31. The zero-order valence-electron chi connectivity index (χ0n) is 6.54. The number of rotatable bonds is 5. The van der Waals surface area contributed by atoms with Gasteiger partial charge in [0.2, 0.25) is 0 Å². The van der Waals surface area contributed by atoms with E-state index in [2.05, 4.69) is 4.65 Å². The van der Waals surface area contributed by atoms with E-state index < -0.39 is 13.4 Å². The van der Waals surface area contributed by atoms with Crippen LogP contribution >= 0.6 is 0 Å². The summed E-state index contributed by atoms with van der Waals surface area (Å²) in [4.78, 5) is 0. The minimum absolute atomic E-state index is 0.488. The quantitative estimate of drug-likeness (QED) is 0.437. The van der Waals surface area contributed by atoms with Crippen LogP contribution in [0.1, 0.15) is 26.7 Å². The molecule has 0 radical (unpaired) electrons. The van der Waals surface area contributed by atoms with E-state index in [1.165, 1.54) is 6.92 Å². The second-order valence-electron chi connectivity index (χ2n) is 2.31. The maximum absolute atomic E-state index is 10.7. The Hall–Kier alpha value is -0.0551. The summed E-state index contributed by atoms with van der Waals surface area (Å²) in [7, 11) is -1.06. The summed E-state index contributed by atoms with van der Waals surface area (Å²) in [5.41, 5.74) is 0. The van der Waals surface area contributed by atoms with Crippen LogP contribution in [0.2, 0.25) is 6.32 Å². The fraction of sp³-hybridized carbons (Fsp3) is 1.00. The Balaban J connectivity index is 3.16. The number of hydrogen-bond acceptors (Lipinski definition) is 3. The van der Waals surface area contributed by atoms with Crippen LogP contribution in [-0.4, -0.2) is 18.5 Å². The molecule has 0 bridgehead atoms. The maximum Gasteiger partial charge on any atom is 0.186 e. The first-order valence-electron chi connectivity index (χ1n) is 3.66. The maximum atomic E-state index is 10.7. The topological polar surface area (TPSA) is 52.5 Å². The minimum atomic E-state index is -1.06. The predicted octanol–water partition coefficient (Wildman–Crippen LogP) is -0.0101. The molecule has 1 unspecified atom stereocenters. The van der Waals surface area contributed by atoms with Crippen LogP contribution in [0.3, 0.4) is 0 Å². The molecule has 0 rings (SSSR count). The monoisotopic (exact) mass is 145 g/mol. The van der Waals surface area contributed by atoms with Gasteiger partial charge in [0, 0.05) is 0 Å². The second kappa shape index (κ2) is 5.71. The van der Waals surface area contributed by atoms with Crippen molar-refractivity contribution >= 4 is 7.12 Å². The Bertz CT molecular complexity index is 77.4. The Morgan fingerprint density at radius 2 is 2.30 bits per heavy atom. The molecule has 0 aromatic heterocycles. The molecular weight excluding hydrogens is 131 g/mol. The van der Waals surface area contributed by atoms with E-state index in [1.807, 2.05) is 6.92 Å². The van der Waals surface area contributed by atoms with Gasteiger partial charge in [-0.3, -0.25) is 0 Å². The largest absolute Gasteiger partial charge is 0.856 e. The van der Waals surface area contributed by atoms with Crippen LogP contribution < -0.4 is 5.02 Å². The Morgan fingerprint density at radius 3 is 2.70 bits per heavy atom. The third-order valence-electron chi connectivity index (χ3n) is 1.14. The Labute approximate surface area is 62.2 Å². The zero-order valence-corrected chi connectivity index (χ0v) is 6.54. The lowest BCUT2D eigenvalue weighted by atomic mass is 9.83. The van der Waals surface area contributed by atoms with Gasteiger partial charge in [-0.15, -0.1) is 0 Å². The van der Waals surface area contributed by atoms with Gasteiger partial charge in [-0.2, -0.15) is 0 Å². The van der Waals surface area contributed by atoms with Crippen molar-refractivity contribution in [3.63, 3.8) is 0 Å². The molecule has 0 aliphatic rings. The molecule has 60 valence electrons. The molecule has 0 fully saturated rings. The lowest BCUT2D eigenvalue weighted by Crippen LogP contribution is -2.37. The molecular formula is C6H14BO3-. The van der Waals surface area contributed by atoms with Crippen molar-refractivity contribution in [2.45, 2.75) is 39.3 Å². The molecule has 1 atom stereocenters. The van der Waals surface area contributed by atoms with Crippen LogP contribution in [0.5, 0.6) is 0 Å². The molecule has 0 amide bonds. The van der Waals surface area contributed by atoms with Gasteiger partial charge in [0.15, 0.2) is 7.12 Å². The molecule has 3 nitrogen and oxygen atoms in total. The third-order valence-corrected chi connectivity index (χ3v) is 1.14. The lowest BCUT2D eigenvalue weighted by molar-refractivity contribution is -0.237. The van der Waals surface area contributed by atoms with E-state index in [0.29, 0.717) is 6.32 Å². The van der Waals surface area contributed by atoms with Gasteiger partial charge in [0.25, 0.3) is 0 Å². The van der Waals surface area contributed by atoms with E-state index in [9.17, 15) is 5.02 Å². The number of aliphatic hydroxyl groups excluding tert-OH is 1. The molecule has 0 aliphatic carbocycles. The summed E-state index contributed by atoms with van der Waals surface area (Å²) in [6.07, 6.45) is 1.41. The normalized spacial score (nSPS) is 13.2. The van der Waals surface area contributed by atoms with Crippen molar-refractivity contribution in [2.24, 2.45) is 0 Å². The smallest absolute Gasteiger partial charge is 0.186 e. The van der Waals surface area contributed by atoms with Gasteiger partial charge in [-0.05, 0) is 6.92 Å². The van der Waals surface area contributed by atoms with Crippen molar-refractivity contribution in [3.8, 4) is 0 Å². The molecule has 0 heterocycles. The molecule has 0 saturated heterocycles. The number of unbranched alkanes of at least 4 members (excludes halogenated alkanes) is 1. The first-order chi connectivity index (χ1) is 4.66. The van der Waals surface area contributed by atoms with Crippen LogP contribution in [-0.2, 0) is 4.65 Å². The third kappa shape index (κ3) is 6.07. The van der Waals surface area contributed by atoms with Crippen molar-refractivity contribution in [1.29, 1.82) is 0 Å². The standard InChI is InChI=1S/C6H14BO3/c1-3-4-5-7(9)10-6(2)8/h6,8H,3-5H2,1-2H3/q-1. The van der Waals surface area contributed by atoms with Gasteiger partial charge >= 0.3 is 0 Å². The predicted molar refractivity (Wildman–Crippen MR) is 38.2 cm³/mol. The minimum Gasteiger partial charge on any atom is -0.856 e. The Morgan fingerprint density at radius 1 is 1.70 bits per heavy atom. The van der Waals surface area contributed by atoms with Crippen molar-refractivity contribution in [3.05, 3.63) is 0 Å². The van der Waals surface area contributed by atoms with Gasteiger partial charge < -0.3 is 14.8 Å². The van der Waals surface area contributed by atoms with E-state index in [0.717, 1.165) is 12.8 Å². The summed E-state index contributed by atoms with van der Waals surface area (Å²) in [6, 6.07) is 0. The molecule has 4 heteroatoms. The molecule has 0 saturated carbocycles. The van der Waals surface area contributed by atoms with Crippen LogP contribution in [0, 0.1) is 0 Å². The van der Waals surface area contributed by atoms with Crippen LogP contribution in [0.4, 0.5) is 0 Å². The van der Waals surface area contributed by atoms with Crippen LogP contribution in [0.15, 0.2) is 0 Å². The lowest BCUT2D eigenvalue weighted by Gasteiger charge is -2.20. The average molecular weight is 145 g/mol. The molecule has 1 N–H and O–H groups in total. The zero-order chi connectivity index (χ0) is 7.98. The molecule has 0 spiro atoms. The Kier molecular flexibility index (Phi) is 5.68. The van der Waals surface area contributed by atoms with Crippen molar-refractivity contribution in [1.82, 2.24) is 0 Å².